The number of nitrogens with one attached hydrogen (secondary N) is 1. The lowest BCUT2D eigenvalue weighted by atomic mass is 10.0. The molecular formula is C19H41NO. The van der Waals surface area contributed by atoms with Crippen LogP contribution in [0.1, 0.15) is 110 Å². The van der Waals surface area contributed by atoms with Gasteiger partial charge in [0.25, 0.3) is 0 Å². The van der Waals surface area contributed by atoms with Crippen LogP contribution in [0.2, 0.25) is 0 Å². The standard InChI is InChI=1S/C19H41NO/c1-3-5-6-7-8-9-10-11-12-13-14-15-16-17-18-20-19(21)4-2/h19-21H,3-18H2,1-2H3/t19-/m0/s1. The van der Waals surface area contributed by atoms with Crippen molar-refractivity contribution in [3.8, 4) is 0 Å². The summed E-state index contributed by atoms with van der Waals surface area (Å²) in [5.41, 5.74) is 0. The molecule has 0 amide bonds. The molecule has 0 aromatic heterocycles. The molecule has 0 heterocycles. The van der Waals surface area contributed by atoms with Gasteiger partial charge in [-0.2, -0.15) is 0 Å². The van der Waals surface area contributed by atoms with Crippen LogP contribution < -0.4 is 5.32 Å². The number of aliphatic hydroxyl groups is 1. The van der Waals surface area contributed by atoms with E-state index >= 15 is 0 Å². The zero-order valence-electron chi connectivity index (χ0n) is 14.8. The van der Waals surface area contributed by atoms with Crippen LogP contribution in [0.25, 0.3) is 0 Å². The van der Waals surface area contributed by atoms with E-state index in [1.807, 2.05) is 6.92 Å². The van der Waals surface area contributed by atoms with Gasteiger partial charge in [-0.15, -0.1) is 0 Å². The zero-order chi connectivity index (χ0) is 15.6. The zero-order valence-corrected chi connectivity index (χ0v) is 14.8. The molecule has 0 aromatic carbocycles. The number of unbranched alkanes of at least 4 members (excludes halogenated alkanes) is 13. The van der Waals surface area contributed by atoms with Gasteiger partial charge in [-0.1, -0.05) is 97.3 Å². The number of hydrogen-bond acceptors (Lipinski definition) is 2. The molecule has 0 unspecified atom stereocenters. The molecule has 0 aliphatic carbocycles. The van der Waals surface area contributed by atoms with Crippen LogP contribution in [-0.4, -0.2) is 17.9 Å². The van der Waals surface area contributed by atoms with Gasteiger partial charge >= 0.3 is 0 Å². The minimum absolute atomic E-state index is 0.299. The van der Waals surface area contributed by atoms with E-state index in [0.29, 0.717) is 0 Å². The van der Waals surface area contributed by atoms with Gasteiger partial charge in [0, 0.05) is 0 Å². The van der Waals surface area contributed by atoms with Crippen LogP contribution in [0, 0.1) is 0 Å². The Balaban J connectivity index is 2.96. The number of rotatable bonds is 17. The minimum atomic E-state index is -0.299. The predicted octanol–water partition coefficient (Wildman–Crippen LogP) is 5.79. The lowest BCUT2D eigenvalue weighted by Crippen LogP contribution is -2.28. The van der Waals surface area contributed by atoms with Gasteiger partial charge < -0.3 is 5.11 Å². The third-order valence-corrected chi connectivity index (χ3v) is 4.30. The van der Waals surface area contributed by atoms with Crippen LogP contribution in [0.15, 0.2) is 0 Å². The van der Waals surface area contributed by atoms with E-state index in [1.165, 1.54) is 89.9 Å². The Morgan fingerprint density at radius 2 is 1.00 bits per heavy atom. The molecule has 2 N–H and O–H groups in total. The van der Waals surface area contributed by atoms with Gasteiger partial charge in [0.2, 0.25) is 0 Å². The summed E-state index contributed by atoms with van der Waals surface area (Å²) in [7, 11) is 0. The van der Waals surface area contributed by atoms with Crippen molar-refractivity contribution >= 4 is 0 Å². The largest absolute Gasteiger partial charge is 0.379 e. The lowest BCUT2D eigenvalue weighted by molar-refractivity contribution is 0.133. The topological polar surface area (TPSA) is 32.3 Å². The summed E-state index contributed by atoms with van der Waals surface area (Å²) in [5, 5.41) is 12.5. The second-order valence-corrected chi connectivity index (χ2v) is 6.47. The Bertz CT molecular complexity index is 184. The smallest absolute Gasteiger partial charge is 0.104 e. The summed E-state index contributed by atoms with van der Waals surface area (Å²) in [5.74, 6) is 0. The van der Waals surface area contributed by atoms with E-state index in [-0.39, 0.29) is 6.23 Å². The highest BCUT2D eigenvalue weighted by Crippen LogP contribution is 2.12. The quantitative estimate of drug-likeness (QED) is 0.263. The molecule has 0 spiro atoms. The molecule has 0 aromatic rings. The normalized spacial score (nSPS) is 12.7. The lowest BCUT2D eigenvalue weighted by Gasteiger charge is -2.09. The van der Waals surface area contributed by atoms with Gasteiger partial charge in [-0.05, 0) is 19.4 Å². The molecule has 128 valence electrons. The molecule has 0 saturated heterocycles. The van der Waals surface area contributed by atoms with Gasteiger partial charge in [-0.3, -0.25) is 5.32 Å². The van der Waals surface area contributed by atoms with E-state index in [1.54, 1.807) is 0 Å². The van der Waals surface area contributed by atoms with Crippen molar-refractivity contribution in [2.45, 2.75) is 116 Å². The molecule has 0 radical (unpaired) electrons. The second kappa shape index (κ2) is 18.0. The molecule has 2 heteroatoms. The first-order chi connectivity index (χ1) is 10.3. The SMILES string of the molecule is CCCCCCCCCCCCCCCCN[C@@H](O)CC. The molecule has 0 fully saturated rings. The molecule has 0 aliphatic rings. The van der Waals surface area contributed by atoms with Crippen LogP contribution in [-0.2, 0) is 0 Å². The van der Waals surface area contributed by atoms with Gasteiger partial charge in [-0.25, -0.2) is 0 Å². The van der Waals surface area contributed by atoms with Crippen molar-refractivity contribution in [2.75, 3.05) is 6.54 Å². The summed E-state index contributed by atoms with van der Waals surface area (Å²) in [6.07, 6.45) is 20.1. The van der Waals surface area contributed by atoms with Crippen LogP contribution in [0.5, 0.6) is 0 Å². The van der Waals surface area contributed by atoms with E-state index in [2.05, 4.69) is 12.2 Å². The Morgan fingerprint density at radius 3 is 1.38 bits per heavy atom. The van der Waals surface area contributed by atoms with Crippen molar-refractivity contribution in [1.29, 1.82) is 0 Å². The fourth-order valence-electron chi connectivity index (χ4n) is 2.73. The highest BCUT2D eigenvalue weighted by molar-refractivity contribution is 4.53. The summed E-state index contributed by atoms with van der Waals surface area (Å²) in [6.45, 7) is 5.25. The summed E-state index contributed by atoms with van der Waals surface area (Å²) < 4.78 is 0. The predicted molar refractivity (Wildman–Crippen MR) is 94.6 cm³/mol. The summed E-state index contributed by atoms with van der Waals surface area (Å²) in [6, 6.07) is 0. The Labute approximate surface area is 134 Å². The first-order valence-corrected chi connectivity index (χ1v) is 9.72. The van der Waals surface area contributed by atoms with E-state index in [0.717, 1.165) is 13.0 Å². The van der Waals surface area contributed by atoms with E-state index < -0.39 is 0 Å². The maximum atomic E-state index is 9.35. The molecule has 0 rings (SSSR count). The highest BCUT2D eigenvalue weighted by Gasteiger charge is 1.97. The first kappa shape index (κ1) is 20.9. The molecule has 1 atom stereocenters. The number of hydrogen-bond donors (Lipinski definition) is 2. The fraction of sp³-hybridized carbons (Fsp3) is 1.00. The minimum Gasteiger partial charge on any atom is -0.379 e. The molecular weight excluding hydrogens is 258 g/mol. The van der Waals surface area contributed by atoms with Gasteiger partial charge in [0.15, 0.2) is 0 Å². The summed E-state index contributed by atoms with van der Waals surface area (Å²) >= 11 is 0. The maximum absolute atomic E-state index is 9.35. The average molecular weight is 300 g/mol. The molecule has 0 aliphatic heterocycles. The van der Waals surface area contributed by atoms with Crippen molar-refractivity contribution < 1.29 is 5.11 Å². The fourth-order valence-corrected chi connectivity index (χ4v) is 2.73. The Hall–Kier alpha value is -0.0800. The van der Waals surface area contributed by atoms with Crippen LogP contribution in [0.3, 0.4) is 0 Å². The summed E-state index contributed by atoms with van der Waals surface area (Å²) in [4.78, 5) is 0. The van der Waals surface area contributed by atoms with Crippen molar-refractivity contribution in [3.05, 3.63) is 0 Å². The first-order valence-electron chi connectivity index (χ1n) is 9.72. The van der Waals surface area contributed by atoms with Crippen LogP contribution >= 0.6 is 0 Å². The molecule has 21 heavy (non-hydrogen) atoms. The van der Waals surface area contributed by atoms with E-state index in [4.69, 9.17) is 0 Å². The van der Waals surface area contributed by atoms with Gasteiger partial charge in [0.1, 0.15) is 6.23 Å². The molecule has 0 saturated carbocycles. The average Bonchev–Trinajstić information content (AvgIpc) is 2.50. The number of aliphatic hydroxyl groups excluding tert-OH is 1. The third kappa shape index (κ3) is 17.9. The molecule has 2 nitrogen and oxygen atoms in total. The third-order valence-electron chi connectivity index (χ3n) is 4.30. The second-order valence-electron chi connectivity index (χ2n) is 6.47. The Morgan fingerprint density at radius 1 is 0.619 bits per heavy atom. The van der Waals surface area contributed by atoms with Crippen LogP contribution in [0.4, 0.5) is 0 Å². The molecule has 0 bridgehead atoms. The van der Waals surface area contributed by atoms with E-state index in [9.17, 15) is 5.11 Å². The van der Waals surface area contributed by atoms with Crippen molar-refractivity contribution in [2.24, 2.45) is 0 Å². The highest BCUT2D eigenvalue weighted by atomic mass is 16.3. The van der Waals surface area contributed by atoms with Crippen molar-refractivity contribution in [1.82, 2.24) is 5.32 Å². The van der Waals surface area contributed by atoms with Crippen molar-refractivity contribution in [3.63, 3.8) is 0 Å². The monoisotopic (exact) mass is 299 g/mol. The Kier molecular flexibility index (Phi) is 17.9. The maximum Gasteiger partial charge on any atom is 0.104 e. The van der Waals surface area contributed by atoms with Gasteiger partial charge in [0.05, 0.1) is 0 Å².